The van der Waals surface area contributed by atoms with Crippen LogP contribution in [0.1, 0.15) is 10.4 Å². The van der Waals surface area contributed by atoms with Crippen molar-refractivity contribution >= 4 is 5.97 Å². The van der Waals surface area contributed by atoms with Gasteiger partial charge < -0.3 is 39.7 Å². The Morgan fingerprint density at radius 1 is 1.17 bits per heavy atom. The highest BCUT2D eigenvalue weighted by molar-refractivity contribution is 5.88. The van der Waals surface area contributed by atoms with Gasteiger partial charge in [-0.2, -0.15) is 0 Å². The molecule has 2 rings (SSSR count). The smallest absolute Gasteiger partial charge is 0.335 e. The lowest BCUT2D eigenvalue weighted by Gasteiger charge is -2.39. The molecule has 1 fully saturated rings. The van der Waals surface area contributed by atoms with Crippen LogP contribution in [0.2, 0.25) is 0 Å². The molecule has 0 amide bonds. The molecular weight excluding hydrogens is 312 g/mol. The van der Waals surface area contributed by atoms with E-state index in [9.17, 15) is 20.1 Å². The van der Waals surface area contributed by atoms with Crippen molar-refractivity contribution in [2.24, 2.45) is 0 Å². The van der Waals surface area contributed by atoms with E-state index in [-0.39, 0.29) is 17.1 Å². The van der Waals surface area contributed by atoms with E-state index < -0.39 is 43.3 Å². The number of aromatic carboxylic acids is 1. The summed E-state index contributed by atoms with van der Waals surface area (Å²) < 4.78 is 15.6. The van der Waals surface area contributed by atoms with Gasteiger partial charge in [-0.1, -0.05) is 0 Å². The Labute approximate surface area is 131 Å². The molecule has 1 aromatic rings. The molecule has 1 aromatic carbocycles. The molecule has 0 saturated carbocycles. The largest absolute Gasteiger partial charge is 0.493 e. The third-order valence-electron chi connectivity index (χ3n) is 3.50. The van der Waals surface area contributed by atoms with Gasteiger partial charge in [-0.25, -0.2) is 4.79 Å². The average molecular weight is 330 g/mol. The van der Waals surface area contributed by atoms with Crippen molar-refractivity contribution in [3.8, 4) is 11.5 Å². The Kier molecular flexibility index (Phi) is 5.39. The molecule has 128 valence electrons. The number of benzene rings is 1. The van der Waals surface area contributed by atoms with Gasteiger partial charge in [0.2, 0.25) is 6.29 Å². The molecule has 0 bridgehead atoms. The number of hydrogen-bond donors (Lipinski definition) is 5. The van der Waals surface area contributed by atoms with E-state index in [4.69, 9.17) is 24.4 Å². The fourth-order valence-electron chi connectivity index (χ4n) is 2.19. The first-order chi connectivity index (χ1) is 10.9. The maximum atomic E-state index is 10.9. The zero-order chi connectivity index (χ0) is 17.1. The van der Waals surface area contributed by atoms with Crippen molar-refractivity contribution in [2.45, 2.75) is 30.7 Å². The predicted molar refractivity (Wildman–Crippen MR) is 74.3 cm³/mol. The molecule has 1 aliphatic heterocycles. The van der Waals surface area contributed by atoms with Crippen LogP contribution in [0.4, 0.5) is 0 Å². The SMILES string of the molecule is COc1cc(C(=O)O)ccc1O[C@H]1O[C@H](CO)[C@@H](O)[C@H](O)[C@H]1O. The number of carbonyl (C=O) groups is 1. The van der Waals surface area contributed by atoms with Crippen molar-refractivity contribution in [2.75, 3.05) is 13.7 Å². The van der Waals surface area contributed by atoms with Crippen LogP contribution in [-0.2, 0) is 4.74 Å². The first-order valence-electron chi connectivity index (χ1n) is 6.77. The minimum Gasteiger partial charge on any atom is -0.493 e. The van der Waals surface area contributed by atoms with Crippen LogP contribution in [0, 0.1) is 0 Å². The molecule has 5 atom stereocenters. The van der Waals surface area contributed by atoms with E-state index in [1.54, 1.807) is 0 Å². The lowest BCUT2D eigenvalue weighted by Crippen LogP contribution is -2.60. The summed E-state index contributed by atoms with van der Waals surface area (Å²) in [4.78, 5) is 10.9. The average Bonchev–Trinajstić information content (AvgIpc) is 2.55. The van der Waals surface area contributed by atoms with Crippen molar-refractivity contribution in [3.05, 3.63) is 23.8 Å². The molecule has 9 heteroatoms. The molecule has 0 spiro atoms. The zero-order valence-corrected chi connectivity index (χ0v) is 12.2. The fraction of sp³-hybridized carbons (Fsp3) is 0.500. The molecule has 9 nitrogen and oxygen atoms in total. The van der Waals surface area contributed by atoms with E-state index >= 15 is 0 Å². The van der Waals surface area contributed by atoms with Crippen molar-refractivity contribution in [1.29, 1.82) is 0 Å². The summed E-state index contributed by atoms with van der Waals surface area (Å²) in [6.45, 7) is -0.583. The maximum Gasteiger partial charge on any atom is 0.335 e. The highest BCUT2D eigenvalue weighted by Gasteiger charge is 2.44. The molecule has 0 aliphatic carbocycles. The number of ether oxygens (including phenoxy) is 3. The first kappa shape index (κ1) is 17.4. The van der Waals surface area contributed by atoms with E-state index in [0.717, 1.165) is 0 Å². The molecule has 0 radical (unpaired) electrons. The van der Waals surface area contributed by atoms with Gasteiger partial charge in [-0.05, 0) is 18.2 Å². The van der Waals surface area contributed by atoms with Crippen LogP contribution in [0.3, 0.4) is 0 Å². The summed E-state index contributed by atoms with van der Waals surface area (Å²) in [5.74, 6) is -0.994. The zero-order valence-electron chi connectivity index (χ0n) is 12.2. The van der Waals surface area contributed by atoms with Gasteiger partial charge in [-0.3, -0.25) is 0 Å². The lowest BCUT2D eigenvalue weighted by atomic mass is 9.99. The molecule has 1 saturated heterocycles. The van der Waals surface area contributed by atoms with Gasteiger partial charge in [0.05, 0.1) is 19.3 Å². The third-order valence-corrected chi connectivity index (χ3v) is 3.50. The van der Waals surface area contributed by atoms with Gasteiger partial charge in [-0.15, -0.1) is 0 Å². The van der Waals surface area contributed by atoms with Crippen molar-refractivity contribution in [1.82, 2.24) is 0 Å². The van der Waals surface area contributed by atoms with Gasteiger partial charge in [0.15, 0.2) is 11.5 Å². The van der Waals surface area contributed by atoms with E-state index in [0.29, 0.717) is 0 Å². The molecule has 1 aliphatic rings. The Hall–Kier alpha value is -1.91. The quantitative estimate of drug-likeness (QED) is 0.438. The number of aliphatic hydroxyl groups is 4. The molecule has 0 aromatic heterocycles. The number of aliphatic hydroxyl groups excluding tert-OH is 4. The normalized spacial score (nSPS) is 30.7. The van der Waals surface area contributed by atoms with Crippen molar-refractivity contribution in [3.63, 3.8) is 0 Å². The number of carboxylic acid groups (broad SMARTS) is 1. The van der Waals surface area contributed by atoms with Crippen LogP contribution < -0.4 is 9.47 Å². The summed E-state index contributed by atoms with van der Waals surface area (Å²) >= 11 is 0. The first-order valence-corrected chi connectivity index (χ1v) is 6.77. The second-order valence-electron chi connectivity index (χ2n) is 4.99. The minimum atomic E-state index is -1.57. The molecular formula is C14H18O9. The number of methoxy groups -OCH3 is 1. The predicted octanol–water partition coefficient (Wildman–Crippen LogP) is -1.43. The summed E-state index contributed by atoms with van der Waals surface area (Å²) in [6, 6.07) is 3.80. The topological polar surface area (TPSA) is 146 Å². The Bertz CT molecular complexity index is 559. The molecule has 5 N–H and O–H groups in total. The highest BCUT2D eigenvalue weighted by atomic mass is 16.7. The number of carboxylic acids is 1. The second-order valence-corrected chi connectivity index (χ2v) is 4.99. The molecule has 0 unspecified atom stereocenters. The molecule has 23 heavy (non-hydrogen) atoms. The third kappa shape index (κ3) is 3.54. The highest BCUT2D eigenvalue weighted by Crippen LogP contribution is 2.31. The second kappa shape index (κ2) is 7.11. The molecule has 1 heterocycles. The van der Waals surface area contributed by atoms with Gasteiger partial charge in [0.25, 0.3) is 0 Å². The van der Waals surface area contributed by atoms with Crippen LogP contribution in [-0.4, -0.2) is 75.9 Å². The Balaban J connectivity index is 2.22. The van der Waals surface area contributed by atoms with E-state index in [1.165, 1.54) is 25.3 Å². The number of rotatable bonds is 5. The number of hydrogen-bond acceptors (Lipinski definition) is 8. The summed E-state index contributed by atoms with van der Waals surface area (Å²) in [5, 5.41) is 47.4. The fourth-order valence-corrected chi connectivity index (χ4v) is 2.19. The Morgan fingerprint density at radius 3 is 2.43 bits per heavy atom. The van der Waals surface area contributed by atoms with Crippen LogP contribution >= 0.6 is 0 Å². The summed E-state index contributed by atoms with van der Waals surface area (Å²) in [7, 11) is 1.31. The van der Waals surface area contributed by atoms with Gasteiger partial charge in [0, 0.05) is 0 Å². The van der Waals surface area contributed by atoms with Gasteiger partial charge >= 0.3 is 5.97 Å². The van der Waals surface area contributed by atoms with Crippen LogP contribution in [0.5, 0.6) is 11.5 Å². The van der Waals surface area contributed by atoms with Crippen LogP contribution in [0.15, 0.2) is 18.2 Å². The lowest BCUT2D eigenvalue weighted by molar-refractivity contribution is -0.277. The summed E-state index contributed by atoms with van der Waals surface area (Å²) in [6.07, 6.45) is -7.13. The van der Waals surface area contributed by atoms with E-state index in [2.05, 4.69) is 0 Å². The summed E-state index contributed by atoms with van der Waals surface area (Å²) in [5.41, 5.74) is -0.0250. The van der Waals surface area contributed by atoms with Gasteiger partial charge in [0.1, 0.15) is 24.4 Å². The Morgan fingerprint density at radius 2 is 1.87 bits per heavy atom. The maximum absolute atomic E-state index is 10.9. The van der Waals surface area contributed by atoms with E-state index in [1.807, 2.05) is 0 Å². The monoisotopic (exact) mass is 330 g/mol. The van der Waals surface area contributed by atoms with Crippen molar-refractivity contribution < 1.29 is 44.5 Å². The van der Waals surface area contributed by atoms with Crippen LogP contribution in [0.25, 0.3) is 0 Å². The minimum absolute atomic E-state index is 0.0250. The standard InChI is InChI=1S/C14H18O9/c1-21-8-4-6(13(19)20)2-3-7(8)22-14-12(18)11(17)10(16)9(5-15)23-14/h2-4,9-12,14-18H,5H2,1H3,(H,19,20)/t9-,10-,11+,12-,14+/m1/s1.